The Morgan fingerprint density at radius 3 is 1.56 bits per heavy atom. The lowest BCUT2D eigenvalue weighted by Gasteiger charge is -2.21. The van der Waals surface area contributed by atoms with Crippen molar-refractivity contribution in [3.05, 3.63) is 186 Å². The number of hydrogen-bond acceptors (Lipinski definition) is 9. The lowest BCUT2D eigenvalue weighted by Crippen LogP contribution is -1.99. The Morgan fingerprint density at radius 1 is 0.491 bits per heavy atom. The summed E-state index contributed by atoms with van der Waals surface area (Å²) in [5.41, 5.74) is 4.51. The van der Waals surface area contributed by atoms with Gasteiger partial charge in [0.05, 0.1) is 5.56 Å². The van der Waals surface area contributed by atoms with Crippen molar-refractivity contribution in [2.24, 2.45) is 0 Å². The Hall–Kier alpha value is -8.04. The highest BCUT2D eigenvalue weighted by Crippen LogP contribution is 2.56. The maximum absolute atomic E-state index is 11.2. The van der Waals surface area contributed by atoms with Gasteiger partial charge in [-0.15, -0.1) is 0 Å². The van der Waals surface area contributed by atoms with Gasteiger partial charge >= 0.3 is 0 Å². The average molecular weight is 757 g/mol. The van der Waals surface area contributed by atoms with E-state index in [4.69, 9.17) is 0 Å². The minimum Gasteiger partial charge on any atom is -0.505 e. The van der Waals surface area contributed by atoms with Crippen molar-refractivity contribution in [1.82, 2.24) is 0 Å². The monoisotopic (exact) mass is 756 g/mol. The normalized spacial score (nSPS) is 16.2. The van der Waals surface area contributed by atoms with Gasteiger partial charge in [0.15, 0.2) is 23.0 Å². The number of aromatic hydroxyl groups is 5. The van der Waals surface area contributed by atoms with E-state index >= 15 is 0 Å². The van der Waals surface area contributed by atoms with Crippen LogP contribution >= 0.6 is 0 Å². The zero-order chi connectivity index (χ0) is 40.4. The van der Waals surface area contributed by atoms with Crippen LogP contribution in [-0.4, -0.2) is 46.0 Å². The highest BCUT2D eigenvalue weighted by Gasteiger charge is 2.27. The summed E-state index contributed by atoms with van der Waals surface area (Å²) in [4.78, 5) is 0. The summed E-state index contributed by atoms with van der Waals surface area (Å²) in [7, 11) is 0. The van der Waals surface area contributed by atoms with E-state index in [0.717, 1.165) is 17.2 Å². The summed E-state index contributed by atoms with van der Waals surface area (Å²) >= 11 is 0. The third-order valence-electron chi connectivity index (χ3n) is 9.69. The van der Waals surface area contributed by atoms with Crippen molar-refractivity contribution in [1.29, 1.82) is 0 Å². The van der Waals surface area contributed by atoms with E-state index in [-0.39, 0.29) is 16.7 Å². The Morgan fingerprint density at radius 2 is 1.00 bits per heavy atom. The molecule has 0 spiro atoms. The number of rotatable bonds is 6. The second kappa shape index (κ2) is 15.4. The molecular formula is C48H36O9. The van der Waals surface area contributed by atoms with Crippen molar-refractivity contribution in [2.75, 3.05) is 0 Å². The van der Waals surface area contributed by atoms with Crippen LogP contribution in [-0.2, 0) is 0 Å². The predicted octanol–water partition coefficient (Wildman–Crippen LogP) is 11.4. The van der Waals surface area contributed by atoms with E-state index < -0.39 is 46.2 Å². The largest absolute Gasteiger partial charge is 0.505 e. The Kier molecular flexibility index (Phi) is 10.1. The number of hydrogen-bond donors (Lipinski definition) is 9. The van der Waals surface area contributed by atoms with E-state index in [1.165, 1.54) is 0 Å². The highest BCUT2D eigenvalue weighted by atomic mass is 16.5. The van der Waals surface area contributed by atoms with Crippen molar-refractivity contribution in [3.63, 3.8) is 0 Å². The number of benzene rings is 6. The molecular weight excluding hydrogens is 721 g/mol. The van der Waals surface area contributed by atoms with E-state index in [1.54, 1.807) is 36.4 Å². The van der Waals surface area contributed by atoms with Gasteiger partial charge in [0.1, 0.15) is 0 Å². The first-order valence-corrected chi connectivity index (χ1v) is 17.7. The quantitative estimate of drug-likeness (QED) is 0.0262. The summed E-state index contributed by atoms with van der Waals surface area (Å²) in [6.07, 6.45) is 17.8. The molecule has 1 aliphatic carbocycles. The number of allylic oxidation sites excluding steroid dienone is 10. The van der Waals surface area contributed by atoms with Gasteiger partial charge in [-0.2, -0.15) is 0 Å². The Bertz CT molecular complexity index is 2760. The van der Waals surface area contributed by atoms with Gasteiger partial charge in [-0.1, -0.05) is 146 Å². The summed E-state index contributed by atoms with van der Waals surface area (Å²) in [5, 5.41) is 97.5. The maximum Gasteiger partial charge on any atom is 0.274 e. The van der Waals surface area contributed by atoms with E-state index in [1.807, 2.05) is 109 Å². The lowest BCUT2D eigenvalue weighted by atomic mass is 9.83. The molecule has 0 amide bonds. The molecule has 9 heteroatoms. The molecule has 0 unspecified atom stereocenters. The molecule has 9 nitrogen and oxygen atoms in total. The smallest absolute Gasteiger partial charge is 0.274 e. The van der Waals surface area contributed by atoms with Gasteiger partial charge < -0.3 is 46.0 Å². The first kappa shape index (κ1) is 37.3. The fraction of sp³-hybridized carbons (Fsp3) is 0. The minimum atomic E-state index is -1.10. The van der Waals surface area contributed by atoms with Crippen molar-refractivity contribution in [2.45, 2.75) is 0 Å². The molecule has 282 valence electrons. The molecule has 0 bridgehead atoms. The molecule has 57 heavy (non-hydrogen) atoms. The third kappa shape index (κ3) is 6.92. The van der Waals surface area contributed by atoms with Gasteiger partial charge in [-0.25, -0.2) is 0 Å². The van der Waals surface area contributed by atoms with Crippen LogP contribution in [0.3, 0.4) is 0 Å². The SMILES string of the molecule is C=C(O)/C(O)=C(\C=C(O)O)c1c2ccccc2c(-c2ccc(-c3c(O)c(O)c(O)c(O)c3O)c(C3=C/C=C\c4ccccc4/C=C\C=C\C=C\3)c2)c2ccccc12. The Balaban J connectivity index is 1.59. The topological polar surface area (TPSA) is 182 Å². The zero-order valence-corrected chi connectivity index (χ0v) is 30.2. The van der Waals surface area contributed by atoms with Crippen molar-refractivity contribution < 1.29 is 46.0 Å². The van der Waals surface area contributed by atoms with Gasteiger partial charge in [0.25, 0.3) is 5.95 Å². The number of aliphatic hydroxyl groups excluding tert-OH is 3. The standard InChI is InChI=1S/C48H36O9/c1-27(49)43(52)38(26-39(50)51)41-34-21-10-8-19-32(34)40(33-20-9-11-22-35(33)41)31-23-24-36(42-44(53)46(55)48(57)47(56)45(42)54)37(25-31)30-16-5-3-2-4-13-28-14-6-7-15-29(28)17-12-18-30/h2-26,49-57H,1H2/b3-2+,4-2?,5-3?,13-4-,16-5+,17-12-,18-12?,28-13?,29-17?,30-16?,30-18+,43-38-. The molecule has 1 aliphatic rings. The summed E-state index contributed by atoms with van der Waals surface area (Å²) < 4.78 is 0. The molecule has 7 rings (SSSR count). The van der Waals surface area contributed by atoms with E-state index in [9.17, 15) is 46.0 Å². The van der Waals surface area contributed by atoms with Crippen LogP contribution in [0.25, 0.3) is 67.1 Å². The minimum absolute atomic E-state index is 0.0878. The molecule has 0 aliphatic heterocycles. The van der Waals surface area contributed by atoms with Crippen LogP contribution in [0.1, 0.15) is 22.3 Å². The number of aliphatic hydroxyl groups is 4. The molecule has 9 N–H and O–H groups in total. The number of phenols is 5. The molecule has 6 aromatic carbocycles. The fourth-order valence-electron chi connectivity index (χ4n) is 7.12. The average Bonchev–Trinajstić information content (AvgIpc) is 3.20. The van der Waals surface area contributed by atoms with Crippen molar-refractivity contribution >= 4 is 44.8 Å². The van der Waals surface area contributed by atoms with Gasteiger partial charge in [0, 0.05) is 17.2 Å². The number of phenolic OH excluding ortho intramolecular Hbond substituents is 5. The zero-order valence-electron chi connectivity index (χ0n) is 30.2. The fourth-order valence-corrected chi connectivity index (χ4v) is 7.12. The second-order valence-electron chi connectivity index (χ2n) is 13.1. The summed E-state index contributed by atoms with van der Waals surface area (Å²) in [6.45, 7) is 3.45. The maximum atomic E-state index is 11.2. The van der Waals surface area contributed by atoms with E-state index in [0.29, 0.717) is 49.4 Å². The van der Waals surface area contributed by atoms with Crippen LogP contribution in [0.4, 0.5) is 0 Å². The summed E-state index contributed by atoms with van der Waals surface area (Å²) in [5.74, 6) is -7.26. The van der Waals surface area contributed by atoms with E-state index in [2.05, 4.69) is 6.58 Å². The first-order chi connectivity index (χ1) is 27.5. The van der Waals surface area contributed by atoms with Crippen LogP contribution in [0.2, 0.25) is 0 Å². The van der Waals surface area contributed by atoms with Crippen LogP contribution in [0.5, 0.6) is 28.7 Å². The molecule has 0 atom stereocenters. The lowest BCUT2D eigenvalue weighted by molar-refractivity contribution is 0.191. The van der Waals surface area contributed by atoms with Crippen LogP contribution in [0.15, 0.2) is 164 Å². The van der Waals surface area contributed by atoms with Crippen LogP contribution in [0, 0.1) is 0 Å². The highest BCUT2D eigenvalue weighted by molar-refractivity contribution is 6.20. The van der Waals surface area contributed by atoms with Gasteiger partial charge in [-0.3, -0.25) is 0 Å². The van der Waals surface area contributed by atoms with Gasteiger partial charge in [0.2, 0.25) is 17.2 Å². The first-order valence-electron chi connectivity index (χ1n) is 17.7. The molecule has 0 fully saturated rings. The number of fused-ring (bicyclic) bond motifs is 3. The molecule has 0 aromatic heterocycles. The molecule has 0 saturated carbocycles. The Labute approximate surface area is 326 Å². The second-order valence-corrected chi connectivity index (χ2v) is 13.1. The van der Waals surface area contributed by atoms with Crippen LogP contribution < -0.4 is 0 Å². The molecule has 0 radical (unpaired) electrons. The molecule has 6 aromatic rings. The molecule has 0 saturated heterocycles. The predicted molar refractivity (Wildman–Crippen MR) is 226 cm³/mol. The summed E-state index contributed by atoms with van der Waals surface area (Å²) in [6, 6.07) is 27.6. The third-order valence-corrected chi connectivity index (χ3v) is 9.69. The van der Waals surface area contributed by atoms with Gasteiger partial charge in [-0.05, 0) is 66.6 Å². The van der Waals surface area contributed by atoms with Crippen molar-refractivity contribution in [3.8, 4) is 51.0 Å². The molecule has 0 heterocycles.